The van der Waals surface area contributed by atoms with Crippen LogP contribution in [0, 0.1) is 11.3 Å². The number of hydrogen-bond donors (Lipinski definition) is 1. The molecule has 0 saturated carbocycles. The van der Waals surface area contributed by atoms with Crippen molar-refractivity contribution in [3.05, 3.63) is 0 Å². The highest BCUT2D eigenvalue weighted by atomic mass is 32.2. The van der Waals surface area contributed by atoms with Crippen molar-refractivity contribution in [1.82, 2.24) is 14.8 Å². The van der Waals surface area contributed by atoms with Crippen LogP contribution in [0.2, 0.25) is 0 Å². The molecule has 0 bridgehead atoms. The van der Waals surface area contributed by atoms with Gasteiger partial charge in [-0.1, -0.05) is 11.8 Å². The van der Waals surface area contributed by atoms with Gasteiger partial charge in [-0.25, -0.2) is 4.68 Å². The van der Waals surface area contributed by atoms with Crippen molar-refractivity contribution in [3.63, 3.8) is 0 Å². The Morgan fingerprint density at radius 2 is 2.50 bits per heavy atom. The smallest absolute Gasteiger partial charge is 0.333 e. The zero-order valence-corrected chi connectivity index (χ0v) is 7.38. The highest BCUT2D eigenvalue weighted by Gasteiger charge is 2.06. The van der Waals surface area contributed by atoms with Crippen LogP contribution in [0.3, 0.4) is 0 Å². The summed E-state index contributed by atoms with van der Waals surface area (Å²) in [6.07, 6.45) is 0. The molecular weight excluding hydrogens is 176 g/mol. The number of hydrogen-bond acceptors (Lipinski definition) is 5. The van der Waals surface area contributed by atoms with Gasteiger partial charge in [-0.2, -0.15) is 10.2 Å². The lowest BCUT2D eigenvalue weighted by atomic mass is 10.8. The molecule has 0 aromatic carbocycles. The molecular formula is C6H8N4OS. The maximum absolute atomic E-state index is 8.93. The molecule has 0 saturated heterocycles. The molecule has 1 rings (SSSR count). The van der Waals surface area contributed by atoms with Crippen molar-refractivity contribution in [2.24, 2.45) is 0 Å². The molecule has 12 heavy (non-hydrogen) atoms. The lowest BCUT2D eigenvalue weighted by Crippen LogP contribution is -1.98. The molecule has 1 heterocycles. The predicted octanol–water partition coefficient (Wildman–Crippen LogP) is 0.619. The van der Waals surface area contributed by atoms with E-state index in [9.17, 15) is 0 Å². The van der Waals surface area contributed by atoms with Crippen molar-refractivity contribution in [2.45, 2.75) is 18.6 Å². The second-order valence-corrected chi connectivity index (χ2v) is 2.90. The van der Waals surface area contributed by atoms with Gasteiger partial charge in [-0.3, -0.25) is 0 Å². The van der Waals surface area contributed by atoms with Gasteiger partial charge >= 0.3 is 6.01 Å². The second kappa shape index (κ2) is 3.97. The molecule has 0 aliphatic carbocycles. The van der Waals surface area contributed by atoms with E-state index in [0.29, 0.717) is 17.5 Å². The quantitative estimate of drug-likeness (QED) is 0.697. The third-order valence-electron chi connectivity index (χ3n) is 1.19. The van der Waals surface area contributed by atoms with Gasteiger partial charge in [0.25, 0.3) is 0 Å². The molecule has 0 unspecified atom stereocenters. The van der Waals surface area contributed by atoms with E-state index in [4.69, 9.17) is 10.4 Å². The minimum Gasteiger partial charge on any atom is -0.478 e. The normalized spacial score (nSPS) is 9.67. The zero-order valence-electron chi connectivity index (χ0n) is 6.56. The minimum absolute atomic E-state index is 0.239. The minimum atomic E-state index is -0.239. The lowest BCUT2D eigenvalue weighted by Gasteiger charge is -1.96. The number of nitriles is 1. The molecule has 0 spiro atoms. The second-order valence-electron chi connectivity index (χ2n) is 1.96. The first kappa shape index (κ1) is 8.87. The van der Waals surface area contributed by atoms with Crippen LogP contribution >= 0.6 is 11.8 Å². The van der Waals surface area contributed by atoms with Gasteiger partial charge in [0.1, 0.15) is 0 Å². The van der Waals surface area contributed by atoms with Crippen LogP contribution in [0.1, 0.15) is 6.92 Å². The third-order valence-corrected chi connectivity index (χ3v) is 2.03. The molecule has 1 aromatic rings. The first-order valence-corrected chi connectivity index (χ1v) is 4.40. The van der Waals surface area contributed by atoms with E-state index in [0.717, 1.165) is 0 Å². The summed E-state index contributed by atoms with van der Waals surface area (Å²) in [5, 5.41) is 21.5. The molecule has 5 nitrogen and oxygen atoms in total. The van der Waals surface area contributed by atoms with Crippen LogP contribution < -0.4 is 0 Å². The van der Waals surface area contributed by atoms with E-state index in [1.54, 1.807) is 4.68 Å². The summed E-state index contributed by atoms with van der Waals surface area (Å²) in [5.74, 6) is 0.318. The standard InChI is InChI=1S/C6H8N4OS/c1-2-10-6(12-4-3-7)8-5(11)9-10/h2,4H2,1H3,(H,9,11). The summed E-state index contributed by atoms with van der Waals surface area (Å²) in [7, 11) is 0. The Morgan fingerprint density at radius 3 is 3.08 bits per heavy atom. The summed E-state index contributed by atoms with van der Waals surface area (Å²) >= 11 is 1.26. The maximum Gasteiger partial charge on any atom is 0.333 e. The highest BCUT2D eigenvalue weighted by Crippen LogP contribution is 2.16. The fraction of sp³-hybridized carbons (Fsp3) is 0.500. The monoisotopic (exact) mass is 184 g/mol. The average Bonchev–Trinajstić information content (AvgIpc) is 2.42. The SMILES string of the molecule is CCn1nc(O)nc1SCC#N. The van der Waals surface area contributed by atoms with Gasteiger partial charge in [0.2, 0.25) is 0 Å². The number of aryl methyl sites for hydroxylation is 1. The molecule has 0 fully saturated rings. The fourth-order valence-corrected chi connectivity index (χ4v) is 1.38. The van der Waals surface area contributed by atoms with Gasteiger partial charge in [0, 0.05) is 6.54 Å². The molecule has 0 atom stereocenters. The van der Waals surface area contributed by atoms with Crippen molar-refractivity contribution in [3.8, 4) is 12.1 Å². The molecule has 1 N–H and O–H groups in total. The van der Waals surface area contributed by atoms with Crippen molar-refractivity contribution >= 4 is 11.8 Å². The molecule has 0 aliphatic rings. The number of nitrogens with zero attached hydrogens (tertiary/aromatic N) is 4. The lowest BCUT2D eigenvalue weighted by molar-refractivity contribution is 0.424. The van der Waals surface area contributed by atoms with Gasteiger partial charge in [0.05, 0.1) is 11.8 Å². The van der Waals surface area contributed by atoms with Crippen LogP contribution in [-0.4, -0.2) is 25.6 Å². The summed E-state index contributed by atoms with van der Waals surface area (Å²) in [6.45, 7) is 2.53. The number of thioether (sulfide) groups is 1. The molecule has 0 aliphatic heterocycles. The molecule has 64 valence electrons. The van der Waals surface area contributed by atoms with E-state index < -0.39 is 0 Å². The molecule has 1 aromatic heterocycles. The zero-order chi connectivity index (χ0) is 8.97. The van der Waals surface area contributed by atoms with Crippen LogP contribution in [0.5, 0.6) is 6.01 Å². The van der Waals surface area contributed by atoms with E-state index in [-0.39, 0.29) is 6.01 Å². The number of aromatic hydroxyl groups is 1. The highest BCUT2D eigenvalue weighted by molar-refractivity contribution is 7.99. The summed E-state index contributed by atoms with van der Waals surface area (Å²) < 4.78 is 1.55. The Labute approximate surface area is 74.0 Å². The van der Waals surface area contributed by atoms with Crippen LogP contribution in [-0.2, 0) is 6.54 Å². The Morgan fingerprint density at radius 1 is 1.75 bits per heavy atom. The van der Waals surface area contributed by atoms with Gasteiger partial charge < -0.3 is 5.11 Å². The van der Waals surface area contributed by atoms with Gasteiger partial charge in [-0.05, 0) is 6.92 Å². The van der Waals surface area contributed by atoms with Gasteiger partial charge in [-0.15, -0.1) is 5.10 Å². The van der Waals surface area contributed by atoms with Crippen LogP contribution in [0.15, 0.2) is 5.16 Å². The third kappa shape index (κ3) is 1.89. The molecule has 0 amide bonds. The predicted molar refractivity (Wildman–Crippen MR) is 43.7 cm³/mol. The van der Waals surface area contributed by atoms with Crippen molar-refractivity contribution < 1.29 is 5.11 Å². The Bertz CT molecular complexity index is 303. The van der Waals surface area contributed by atoms with Crippen molar-refractivity contribution in [2.75, 3.05) is 5.75 Å². The van der Waals surface area contributed by atoms with Gasteiger partial charge in [0.15, 0.2) is 5.16 Å². The van der Waals surface area contributed by atoms with E-state index in [1.165, 1.54) is 11.8 Å². The summed E-state index contributed by atoms with van der Waals surface area (Å²) in [6, 6.07) is 1.74. The number of rotatable bonds is 3. The van der Waals surface area contributed by atoms with E-state index in [1.807, 2.05) is 13.0 Å². The van der Waals surface area contributed by atoms with E-state index in [2.05, 4.69) is 10.1 Å². The largest absolute Gasteiger partial charge is 0.478 e. The maximum atomic E-state index is 8.93. The number of aromatic nitrogens is 3. The average molecular weight is 184 g/mol. The topological polar surface area (TPSA) is 74.7 Å². The summed E-state index contributed by atoms with van der Waals surface area (Å²) in [5.41, 5.74) is 0. The molecule has 0 radical (unpaired) electrons. The fourth-order valence-electron chi connectivity index (χ4n) is 0.726. The van der Waals surface area contributed by atoms with Crippen LogP contribution in [0.4, 0.5) is 0 Å². The Balaban J connectivity index is 2.76. The molecule has 6 heteroatoms. The Hall–Kier alpha value is -1.22. The first-order valence-electron chi connectivity index (χ1n) is 3.41. The summed E-state index contributed by atoms with van der Waals surface area (Å²) in [4.78, 5) is 3.74. The van der Waals surface area contributed by atoms with E-state index >= 15 is 0 Å². The Kier molecular flexibility index (Phi) is 2.94. The van der Waals surface area contributed by atoms with Crippen LogP contribution in [0.25, 0.3) is 0 Å². The van der Waals surface area contributed by atoms with Crippen molar-refractivity contribution in [1.29, 1.82) is 5.26 Å². The first-order chi connectivity index (χ1) is 5.77.